The van der Waals surface area contributed by atoms with Crippen molar-refractivity contribution in [1.82, 2.24) is 0 Å². The van der Waals surface area contributed by atoms with Gasteiger partial charge in [0.2, 0.25) is 0 Å². The molecule has 0 fully saturated rings. The van der Waals surface area contributed by atoms with Crippen LogP contribution in [-0.2, 0) is 9.84 Å². The number of rotatable bonds is 6. The van der Waals surface area contributed by atoms with Gasteiger partial charge in [0.25, 0.3) is 0 Å². The topological polar surface area (TPSA) is 34.1 Å². The predicted octanol–water partition coefficient (Wildman–Crippen LogP) is 2.39. The van der Waals surface area contributed by atoms with Crippen LogP contribution < -0.4 is 0 Å². The molecule has 0 saturated carbocycles. The Bertz CT molecular complexity index is 195. The third-order valence-corrected chi connectivity index (χ3v) is 3.97. The molecule has 0 aromatic heterocycles. The number of sulfone groups is 1. The number of hydrogen-bond acceptors (Lipinski definition) is 2. The largest absolute Gasteiger partial charge is 0.229 e. The fourth-order valence-corrected chi connectivity index (χ4v) is 2.54. The van der Waals surface area contributed by atoms with E-state index in [4.69, 9.17) is 0 Å². The minimum Gasteiger partial charge on any atom is -0.229 e. The van der Waals surface area contributed by atoms with E-state index in [0.29, 0.717) is 0 Å². The van der Waals surface area contributed by atoms with Crippen LogP contribution in [0.1, 0.15) is 46.0 Å². The van der Waals surface area contributed by atoms with Crippen LogP contribution in [0.4, 0.5) is 0 Å². The predicted molar refractivity (Wildman–Crippen MR) is 53.1 cm³/mol. The van der Waals surface area contributed by atoms with Crippen LogP contribution in [0.25, 0.3) is 0 Å². The van der Waals surface area contributed by atoms with E-state index in [2.05, 4.69) is 6.92 Å². The molecule has 0 amide bonds. The van der Waals surface area contributed by atoms with Gasteiger partial charge >= 0.3 is 0 Å². The lowest BCUT2D eigenvalue weighted by Gasteiger charge is -2.11. The van der Waals surface area contributed by atoms with Gasteiger partial charge < -0.3 is 0 Å². The Morgan fingerprint density at radius 2 is 1.75 bits per heavy atom. The second-order valence-corrected chi connectivity index (χ2v) is 5.68. The Morgan fingerprint density at radius 3 is 2.08 bits per heavy atom. The van der Waals surface area contributed by atoms with Gasteiger partial charge in [0, 0.05) is 6.26 Å². The molecule has 2 nitrogen and oxygen atoms in total. The molecule has 3 heteroatoms. The highest BCUT2D eigenvalue weighted by atomic mass is 32.2. The summed E-state index contributed by atoms with van der Waals surface area (Å²) in [6.45, 7) is 4.07. The average molecular weight is 192 g/mol. The fraction of sp³-hybridized carbons (Fsp3) is 1.00. The Hall–Kier alpha value is -0.0500. The summed E-state index contributed by atoms with van der Waals surface area (Å²) in [5.41, 5.74) is 0. The average Bonchev–Trinajstić information content (AvgIpc) is 1.95. The third kappa shape index (κ3) is 4.75. The van der Waals surface area contributed by atoms with Crippen LogP contribution >= 0.6 is 0 Å². The van der Waals surface area contributed by atoms with Gasteiger partial charge in [-0.25, -0.2) is 8.42 Å². The molecule has 0 N–H and O–H groups in total. The summed E-state index contributed by atoms with van der Waals surface area (Å²) in [5, 5.41) is -0.107. The molecule has 0 aromatic carbocycles. The molecular formula is C9H20O2S. The molecule has 0 bridgehead atoms. The Kier molecular flexibility index (Phi) is 5.55. The Labute approximate surface area is 76.3 Å². The van der Waals surface area contributed by atoms with Gasteiger partial charge in [-0.1, -0.05) is 33.1 Å². The zero-order valence-electron chi connectivity index (χ0n) is 8.34. The third-order valence-electron chi connectivity index (χ3n) is 2.19. The standard InChI is InChI=1S/C9H20O2S/c1-4-6-7-8-9(5-2)12(3,10)11/h9H,4-8H2,1-3H3. The molecule has 0 spiro atoms. The van der Waals surface area contributed by atoms with Crippen molar-refractivity contribution in [2.75, 3.05) is 6.26 Å². The molecule has 1 atom stereocenters. The van der Waals surface area contributed by atoms with Crippen molar-refractivity contribution in [3.05, 3.63) is 0 Å². The minimum absolute atomic E-state index is 0.107. The van der Waals surface area contributed by atoms with E-state index in [1.807, 2.05) is 6.92 Å². The summed E-state index contributed by atoms with van der Waals surface area (Å²) in [7, 11) is -2.80. The maximum Gasteiger partial charge on any atom is 0.150 e. The second-order valence-electron chi connectivity index (χ2n) is 3.36. The molecule has 0 heterocycles. The first-order valence-electron chi connectivity index (χ1n) is 4.71. The number of hydrogen-bond donors (Lipinski definition) is 0. The summed E-state index contributed by atoms with van der Waals surface area (Å²) in [5.74, 6) is 0. The zero-order chi connectivity index (χ0) is 9.61. The first-order valence-corrected chi connectivity index (χ1v) is 6.66. The van der Waals surface area contributed by atoms with Crippen molar-refractivity contribution in [3.8, 4) is 0 Å². The summed E-state index contributed by atoms with van der Waals surface area (Å²) < 4.78 is 22.3. The quantitative estimate of drug-likeness (QED) is 0.606. The molecule has 12 heavy (non-hydrogen) atoms. The smallest absolute Gasteiger partial charge is 0.150 e. The van der Waals surface area contributed by atoms with Crippen molar-refractivity contribution < 1.29 is 8.42 Å². The molecule has 0 radical (unpaired) electrons. The van der Waals surface area contributed by atoms with Gasteiger partial charge in [0.05, 0.1) is 5.25 Å². The van der Waals surface area contributed by atoms with Crippen LogP contribution in [0, 0.1) is 0 Å². The maximum absolute atomic E-state index is 11.2. The van der Waals surface area contributed by atoms with Gasteiger partial charge in [-0.2, -0.15) is 0 Å². The lowest BCUT2D eigenvalue weighted by molar-refractivity contribution is 0.558. The SMILES string of the molecule is CCCCCC(CC)S(C)(=O)=O. The van der Waals surface area contributed by atoms with Crippen LogP contribution in [0.2, 0.25) is 0 Å². The van der Waals surface area contributed by atoms with Gasteiger partial charge in [-0.15, -0.1) is 0 Å². The van der Waals surface area contributed by atoms with Crippen LogP contribution in [0.5, 0.6) is 0 Å². The summed E-state index contributed by atoms with van der Waals surface area (Å²) in [4.78, 5) is 0. The zero-order valence-corrected chi connectivity index (χ0v) is 9.15. The minimum atomic E-state index is -2.80. The fourth-order valence-electron chi connectivity index (χ4n) is 1.34. The van der Waals surface area contributed by atoms with Crippen molar-refractivity contribution in [1.29, 1.82) is 0 Å². The maximum atomic E-state index is 11.2. The molecule has 0 aromatic rings. The monoisotopic (exact) mass is 192 g/mol. The van der Waals surface area contributed by atoms with E-state index in [0.717, 1.165) is 32.1 Å². The molecule has 1 unspecified atom stereocenters. The van der Waals surface area contributed by atoms with E-state index >= 15 is 0 Å². The lowest BCUT2D eigenvalue weighted by Crippen LogP contribution is -2.18. The van der Waals surface area contributed by atoms with Gasteiger partial charge in [-0.3, -0.25) is 0 Å². The summed E-state index contributed by atoms with van der Waals surface area (Å²) >= 11 is 0. The molecule has 0 aliphatic heterocycles. The molecule has 0 saturated heterocycles. The van der Waals surface area contributed by atoms with Crippen LogP contribution in [0.15, 0.2) is 0 Å². The van der Waals surface area contributed by atoms with Crippen LogP contribution in [0.3, 0.4) is 0 Å². The first kappa shape index (κ1) is 11.9. The number of unbranched alkanes of at least 4 members (excludes halogenated alkanes) is 2. The molecular weight excluding hydrogens is 172 g/mol. The van der Waals surface area contributed by atoms with Crippen LogP contribution in [-0.4, -0.2) is 19.9 Å². The van der Waals surface area contributed by atoms with Crippen molar-refractivity contribution >= 4 is 9.84 Å². The highest BCUT2D eigenvalue weighted by Gasteiger charge is 2.17. The summed E-state index contributed by atoms with van der Waals surface area (Å²) in [6, 6.07) is 0. The lowest BCUT2D eigenvalue weighted by atomic mass is 10.1. The highest BCUT2D eigenvalue weighted by Crippen LogP contribution is 2.13. The van der Waals surface area contributed by atoms with E-state index in [-0.39, 0.29) is 5.25 Å². The van der Waals surface area contributed by atoms with Crippen molar-refractivity contribution in [3.63, 3.8) is 0 Å². The highest BCUT2D eigenvalue weighted by molar-refractivity contribution is 7.91. The van der Waals surface area contributed by atoms with Crippen molar-refractivity contribution in [2.24, 2.45) is 0 Å². The van der Waals surface area contributed by atoms with Gasteiger partial charge in [-0.05, 0) is 12.8 Å². The Morgan fingerprint density at radius 1 is 1.17 bits per heavy atom. The Balaban J connectivity index is 3.85. The summed E-state index contributed by atoms with van der Waals surface area (Å²) in [6.07, 6.45) is 6.27. The molecule has 0 aliphatic rings. The second kappa shape index (κ2) is 5.57. The first-order chi connectivity index (χ1) is 5.52. The van der Waals surface area contributed by atoms with E-state index in [1.165, 1.54) is 6.26 Å². The normalized spacial score (nSPS) is 14.6. The van der Waals surface area contributed by atoms with E-state index in [9.17, 15) is 8.42 Å². The van der Waals surface area contributed by atoms with Gasteiger partial charge in [0.15, 0.2) is 0 Å². The molecule has 0 aliphatic carbocycles. The van der Waals surface area contributed by atoms with Crippen molar-refractivity contribution in [2.45, 2.75) is 51.2 Å². The van der Waals surface area contributed by atoms with E-state index < -0.39 is 9.84 Å². The molecule has 0 rings (SSSR count). The van der Waals surface area contributed by atoms with Gasteiger partial charge in [0.1, 0.15) is 9.84 Å². The van der Waals surface area contributed by atoms with E-state index in [1.54, 1.807) is 0 Å². The molecule has 74 valence electrons.